The molecule has 1 aliphatic heterocycles. The molecule has 1 atom stereocenters. The molecule has 0 aliphatic carbocycles. The SMILES string of the molecule is CC(C)CC(CN)CCN1CCC(N(C)C)CC1. The lowest BCUT2D eigenvalue weighted by atomic mass is 9.93. The van der Waals surface area contributed by atoms with Gasteiger partial charge in [-0.3, -0.25) is 0 Å². The van der Waals surface area contributed by atoms with Gasteiger partial charge in [0.25, 0.3) is 0 Å². The van der Waals surface area contributed by atoms with Crippen molar-refractivity contribution in [1.29, 1.82) is 0 Å². The van der Waals surface area contributed by atoms with Crippen molar-refractivity contribution < 1.29 is 0 Å². The predicted octanol–water partition coefficient (Wildman–Crippen LogP) is 2.02. The Balaban J connectivity index is 2.20. The molecule has 3 nitrogen and oxygen atoms in total. The number of piperidine rings is 1. The molecule has 0 aromatic heterocycles. The fourth-order valence-corrected chi connectivity index (χ4v) is 3.02. The Bertz CT molecular complexity index is 208. The number of nitrogens with two attached hydrogens (primary N) is 1. The van der Waals surface area contributed by atoms with Crippen LogP contribution in [0.3, 0.4) is 0 Å². The summed E-state index contributed by atoms with van der Waals surface area (Å²) in [6.45, 7) is 9.22. The zero-order valence-corrected chi connectivity index (χ0v) is 12.9. The minimum atomic E-state index is 0.719. The maximum atomic E-state index is 5.87. The molecule has 0 amide bonds. The van der Waals surface area contributed by atoms with Crippen LogP contribution in [0.2, 0.25) is 0 Å². The quantitative estimate of drug-likeness (QED) is 0.755. The normalized spacial score (nSPS) is 20.8. The van der Waals surface area contributed by atoms with Gasteiger partial charge in [-0.25, -0.2) is 0 Å². The maximum Gasteiger partial charge on any atom is 0.0113 e. The molecule has 0 bridgehead atoms. The largest absolute Gasteiger partial charge is 0.330 e. The molecule has 18 heavy (non-hydrogen) atoms. The van der Waals surface area contributed by atoms with Gasteiger partial charge in [-0.1, -0.05) is 13.8 Å². The summed E-state index contributed by atoms with van der Waals surface area (Å²) in [5, 5.41) is 0. The summed E-state index contributed by atoms with van der Waals surface area (Å²) in [6, 6.07) is 0.794. The number of likely N-dealkylation sites (tertiary alicyclic amines) is 1. The van der Waals surface area contributed by atoms with Crippen LogP contribution in [0.1, 0.15) is 39.5 Å². The van der Waals surface area contributed by atoms with Crippen LogP contribution >= 0.6 is 0 Å². The predicted molar refractivity (Wildman–Crippen MR) is 79.8 cm³/mol. The third-order valence-corrected chi connectivity index (χ3v) is 4.28. The molecule has 1 aliphatic rings. The van der Waals surface area contributed by atoms with E-state index in [1.807, 2.05) is 0 Å². The Morgan fingerprint density at radius 2 is 1.83 bits per heavy atom. The molecule has 0 aromatic carbocycles. The summed E-state index contributed by atoms with van der Waals surface area (Å²) in [5.41, 5.74) is 5.87. The van der Waals surface area contributed by atoms with Gasteiger partial charge in [0.1, 0.15) is 0 Å². The second-order valence-electron chi connectivity index (χ2n) is 6.56. The molecule has 1 fully saturated rings. The highest BCUT2D eigenvalue weighted by Crippen LogP contribution is 2.18. The van der Waals surface area contributed by atoms with Gasteiger partial charge in [0, 0.05) is 6.04 Å². The van der Waals surface area contributed by atoms with E-state index in [2.05, 4.69) is 37.7 Å². The summed E-state index contributed by atoms with van der Waals surface area (Å²) in [7, 11) is 4.40. The Kier molecular flexibility index (Phi) is 7.20. The molecule has 108 valence electrons. The summed E-state index contributed by atoms with van der Waals surface area (Å²) in [4.78, 5) is 5.00. The fourth-order valence-electron chi connectivity index (χ4n) is 3.02. The first-order valence-electron chi connectivity index (χ1n) is 7.61. The first-order valence-corrected chi connectivity index (χ1v) is 7.61. The van der Waals surface area contributed by atoms with Gasteiger partial charge >= 0.3 is 0 Å². The third kappa shape index (κ3) is 5.68. The first-order chi connectivity index (χ1) is 8.52. The lowest BCUT2D eigenvalue weighted by molar-refractivity contribution is 0.138. The van der Waals surface area contributed by atoms with E-state index in [0.717, 1.165) is 24.4 Å². The van der Waals surface area contributed by atoms with Crippen molar-refractivity contribution in [2.45, 2.75) is 45.6 Å². The minimum absolute atomic E-state index is 0.719. The van der Waals surface area contributed by atoms with Crippen LogP contribution in [0.25, 0.3) is 0 Å². The Hall–Kier alpha value is -0.120. The monoisotopic (exact) mass is 255 g/mol. The van der Waals surface area contributed by atoms with Crippen LogP contribution in [0.4, 0.5) is 0 Å². The molecule has 3 heteroatoms. The lowest BCUT2D eigenvalue weighted by Gasteiger charge is -2.35. The summed E-state index contributed by atoms with van der Waals surface area (Å²) in [5.74, 6) is 1.49. The van der Waals surface area contributed by atoms with Crippen molar-refractivity contribution in [1.82, 2.24) is 9.80 Å². The van der Waals surface area contributed by atoms with E-state index >= 15 is 0 Å². The van der Waals surface area contributed by atoms with E-state index < -0.39 is 0 Å². The molecule has 0 spiro atoms. The molecule has 0 aromatic rings. The van der Waals surface area contributed by atoms with Crippen molar-refractivity contribution in [2.75, 3.05) is 40.3 Å². The number of hydrogen-bond acceptors (Lipinski definition) is 3. The summed E-state index contributed by atoms with van der Waals surface area (Å²) >= 11 is 0. The van der Waals surface area contributed by atoms with Gasteiger partial charge in [-0.15, -0.1) is 0 Å². The van der Waals surface area contributed by atoms with Crippen molar-refractivity contribution >= 4 is 0 Å². The Morgan fingerprint density at radius 1 is 1.22 bits per heavy atom. The molecular formula is C15H33N3. The average Bonchev–Trinajstić information content (AvgIpc) is 2.34. The highest BCUT2D eigenvalue weighted by molar-refractivity contribution is 4.77. The lowest BCUT2D eigenvalue weighted by Crippen LogP contribution is -2.42. The van der Waals surface area contributed by atoms with Crippen molar-refractivity contribution in [3.63, 3.8) is 0 Å². The van der Waals surface area contributed by atoms with E-state index in [4.69, 9.17) is 5.73 Å². The van der Waals surface area contributed by atoms with Crippen LogP contribution in [-0.4, -0.2) is 56.1 Å². The van der Waals surface area contributed by atoms with Gasteiger partial charge in [-0.05, 0) is 77.8 Å². The van der Waals surface area contributed by atoms with Crippen LogP contribution in [0.5, 0.6) is 0 Å². The molecule has 0 saturated carbocycles. The summed E-state index contributed by atoms with van der Waals surface area (Å²) < 4.78 is 0. The fraction of sp³-hybridized carbons (Fsp3) is 1.00. The first kappa shape index (κ1) is 15.9. The van der Waals surface area contributed by atoms with Gasteiger partial charge in [0.15, 0.2) is 0 Å². The molecular weight excluding hydrogens is 222 g/mol. The molecule has 1 heterocycles. The summed E-state index contributed by atoms with van der Waals surface area (Å²) in [6.07, 6.45) is 5.21. The van der Waals surface area contributed by atoms with Gasteiger partial charge in [0.2, 0.25) is 0 Å². The van der Waals surface area contributed by atoms with Crippen LogP contribution in [-0.2, 0) is 0 Å². The van der Waals surface area contributed by atoms with Gasteiger partial charge in [-0.2, -0.15) is 0 Å². The second-order valence-corrected chi connectivity index (χ2v) is 6.56. The third-order valence-electron chi connectivity index (χ3n) is 4.28. The standard InChI is InChI=1S/C15H33N3/c1-13(2)11-14(12-16)5-8-18-9-6-15(7-10-18)17(3)4/h13-15H,5-12,16H2,1-4H3. The minimum Gasteiger partial charge on any atom is -0.330 e. The van der Waals surface area contributed by atoms with Crippen LogP contribution in [0.15, 0.2) is 0 Å². The van der Waals surface area contributed by atoms with Crippen molar-refractivity contribution in [3.05, 3.63) is 0 Å². The van der Waals surface area contributed by atoms with Crippen molar-refractivity contribution in [3.8, 4) is 0 Å². The molecule has 2 N–H and O–H groups in total. The highest BCUT2D eigenvalue weighted by Gasteiger charge is 2.21. The number of hydrogen-bond donors (Lipinski definition) is 1. The van der Waals surface area contributed by atoms with E-state index in [-0.39, 0.29) is 0 Å². The molecule has 1 rings (SSSR count). The van der Waals surface area contributed by atoms with E-state index in [9.17, 15) is 0 Å². The molecule has 1 unspecified atom stereocenters. The van der Waals surface area contributed by atoms with Crippen molar-refractivity contribution in [2.24, 2.45) is 17.6 Å². The van der Waals surface area contributed by atoms with E-state index in [0.29, 0.717) is 0 Å². The van der Waals surface area contributed by atoms with E-state index in [1.165, 1.54) is 45.3 Å². The van der Waals surface area contributed by atoms with Gasteiger partial charge < -0.3 is 15.5 Å². The van der Waals surface area contributed by atoms with Crippen LogP contribution in [0, 0.1) is 11.8 Å². The van der Waals surface area contributed by atoms with Crippen LogP contribution < -0.4 is 5.73 Å². The Morgan fingerprint density at radius 3 is 2.28 bits per heavy atom. The molecule has 1 saturated heterocycles. The Labute approximate surface area is 114 Å². The zero-order chi connectivity index (χ0) is 13.5. The highest BCUT2D eigenvalue weighted by atomic mass is 15.2. The second kappa shape index (κ2) is 8.13. The van der Waals surface area contributed by atoms with E-state index in [1.54, 1.807) is 0 Å². The van der Waals surface area contributed by atoms with Gasteiger partial charge in [0.05, 0.1) is 0 Å². The zero-order valence-electron chi connectivity index (χ0n) is 12.9. The molecule has 0 radical (unpaired) electrons. The smallest absolute Gasteiger partial charge is 0.0113 e. The topological polar surface area (TPSA) is 32.5 Å². The number of rotatable bonds is 7. The average molecular weight is 255 g/mol. The maximum absolute atomic E-state index is 5.87. The number of nitrogens with zero attached hydrogens (tertiary/aromatic N) is 2.